The highest BCUT2D eigenvalue weighted by molar-refractivity contribution is 7.90. The van der Waals surface area contributed by atoms with Gasteiger partial charge in [-0.1, -0.05) is 25.0 Å². The van der Waals surface area contributed by atoms with Gasteiger partial charge in [-0.2, -0.15) is 0 Å². The van der Waals surface area contributed by atoms with Gasteiger partial charge in [0.25, 0.3) is 0 Å². The molecule has 3 unspecified atom stereocenters. The number of rotatable bonds is 5. The molecule has 24 heavy (non-hydrogen) atoms. The van der Waals surface area contributed by atoms with Crippen LogP contribution < -0.4 is 11.1 Å². The quantitative estimate of drug-likeness (QED) is 0.828. The molecule has 3 N–H and O–H groups in total. The first-order valence-corrected chi connectivity index (χ1v) is 10.0. The van der Waals surface area contributed by atoms with Crippen LogP contribution in [-0.4, -0.2) is 26.6 Å². The summed E-state index contributed by atoms with van der Waals surface area (Å²) in [5, 5.41) is 2.98. The number of sulfone groups is 1. The highest BCUT2D eigenvalue weighted by atomic mass is 35.5. The SMILES string of the molecule is CC(NC(=O)CC1CCCCC1N)c1ccc(S(C)(=O)=O)cc1.Cl. The molecule has 0 heterocycles. The first-order chi connectivity index (χ1) is 10.8. The molecule has 0 aromatic heterocycles. The van der Waals surface area contributed by atoms with Crippen molar-refractivity contribution in [1.82, 2.24) is 5.32 Å². The third kappa shape index (κ3) is 5.76. The van der Waals surface area contributed by atoms with E-state index in [9.17, 15) is 13.2 Å². The van der Waals surface area contributed by atoms with E-state index < -0.39 is 9.84 Å². The topological polar surface area (TPSA) is 89.3 Å². The molecule has 1 amide bonds. The summed E-state index contributed by atoms with van der Waals surface area (Å²) in [4.78, 5) is 12.5. The molecule has 136 valence electrons. The van der Waals surface area contributed by atoms with Crippen LogP contribution in [-0.2, 0) is 14.6 Å². The predicted molar refractivity (Wildman–Crippen MR) is 97.9 cm³/mol. The number of halogens is 1. The van der Waals surface area contributed by atoms with Gasteiger partial charge in [-0.25, -0.2) is 8.42 Å². The van der Waals surface area contributed by atoms with E-state index in [-0.39, 0.29) is 41.2 Å². The minimum atomic E-state index is -3.19. The van der Waals surface area contributed by atoms with E-state index in [1.807, 2.05) is 6.92 Å². The Hall–Kier alpha value is -1.11. The highest BCUT2D eigenvalue weighted by Gasteiger charge is 2.24. The molecule has 0 saturated heterocycles. The molecule has 1 aromatic carbocycles. The fourth-order valence-electron chi connectivity index (χ4n) is 3.12. The number of nitrogens with two attached hydrogens (primary N) is 1. The van der Waals surface area contributed by atoms with Gasteiger partial charge in [0.05, 0.1) is 10.9 Å². The number of benzene rings is 1. The molecule has 1 aliphatic rings. The third-order valence-electron chi connectivity index (χ3n) is 4.60. The summed E-state index contributed by atoms with van der Waals surface area (Å²) in [5.74, 6) is 0.274. The van der Waals surface area contributed by atoms with Gasteiger partial charge >= 0.3 is 0 Å². The van der Waals surface area contributed by atoms with Crippen molar-refractivity contribution in [3.05, 3.63) is 29.8 Å². The molecule has 2 rings (SSSR count). The van der Waals surface area contributed by atoms with Crippen molar-refractivity contribution in [3.8, 4) is 0 Å². The summed E-state index contributed by atoms with van der Waals surface area (Å²) < 4.78 is 22.9. The van der Waals surface area contributed by atoms with Crippen molar-refractivity contribution in [2.24, 2.45) is 11.7 Å². The monoisotopic (exact) mass is 374 g/mol. The largest absolute Gasteiger partial charge is 0.350 e. The standard InChI is InChI=1S/C17H26N2O3S.ClH/c1-12(13-7-9-15(10-8-13)23(2,21)22)19-17(20)11-14-5-3-4-6-16(14)18;/h7-10,12,14,16H,3-6,11,18H2,1-2H3,(H,19,20);1H. The first-order valence-electron chi connectivity index (χ1n) is 8.12. The highest BCUT2D eigenvalue weighted by Crippen LogP contribution is 2.26. The van der Waals surface area contributed by atoms with Gasteiger partial charge in [0.1, 0.15) is 0 Å². The molecule has 0 spiro atoms. The Bertz CT molecular complexity index is 646. The molecule has 1 aliphatic carbocycles. The lowest BCUT2D eigenvalue weighted by atomic mass is 9.83. The zero-order valence-corrected chi connectivity index (χ0v) is 15.8. The molecular formula is C17H27ClN2O3S. The molecule has 0 radical (unpaired) electrons. The van der Waals surface area contributed by atoms with E-state index in [0.29, 0.717) is 6.42 Å². The second-order valence-electron chi connectivity index (χ2n) is 6.54. The minimum absolute atomic E-state index is 0. The molecule has 3 atom stereocenters. The van der Waals surface area contributed by atoms with Crippen LogP contribution in [0.4, 0.5) is 0 Å². The lowest BCUT2D eigenvalue weighted by Crippen LogP contribution is -2.37. The van der Waals surface area contributed by atoms with Crippen LogP contribution in [0.5, 0.6) is 0 Å². The van der Waals surface area contributed by atoms with Gasteiger partial charge in [-0.15, -0.1) is 12.4 Å². The third-order valence-corrected chi connectivity index (χ3v) is 5.73. The van der Waals surface area contributed by atoms with Gasteiger partial charge in [0.2, 0.25) is 5.91 Å². The summed E-state index contributed by atoms with van der Waals surface area (Å²) >= 11 is 0. The number of carbonyl (C=O) groups is 1. The van der Waals surface area contributed by atoms with E-state index in [4.69, 9.17) is 5.73 Å². The molecular weight excluding hydrogens is 348 g/mol. The van der Waals surface area contributed by atoms with Gasteiger partial charge < -0.3 is 11.1 Å². The Morgan fingerprint density at radius 2 is 1.83 bits per heavy atom. The minimum Gasteiger partial charge on any atom is -0.350 e. The van der Waals surface area contributed by atoms with Gasteiger partial charge in [0.15, 0.2) is 9.84 Å². The maximum Gasteiger partial charge on any atom is 0.220 e. The van der Waals surface area contributed by atoms with Crippen molar-refractivity contribution in [2.75, 3.05) is 6.26 Å². The van der Waals surface area contributed by atoms with Gasteiger partial charge in [-0.05, 0) is 43.4 Å². The smallest absolute Gasteiger partial charge is 0.220 e. The summed E-state index contributed by atoms with van der Waals surface area (Å²) in [7, 11) is -3.19. The molecule has 7 heteroatoms. The lowest BCUT2D eigenvalue weighted by Gasteiger charge is -2.28. The predicted octanol–water partition coefficient (Wildman–Crippen LogP) is 2.60. The Labute approximate surface area is 150 Å². The molecule has 0 aliphatic heterocycles. The number of nitrogens with one attached hydrogen (secondary N) is 1. The van der Waals surface area contributed by atoms with Crippen molar-refractivity contribution in [3.63, 3.8) is 0 Å². The Balaban J connectivity index is 0.00000288. The van der Waals surface area contributed by atoms with E-state index in [2.05, 4.69) is 5.32 Å². The lowest BCUT2D eigenvalue weighted by molar-refractivity contribution is -0.123. The summed E-state index contributed by atoms with van der Waals surface area (Å²) in [5.41, 5.74) is 6.98. The van der Waals surface area contributed by atoms with E-state index in [1.165, 1.54) is 6.26 Å². The first kappa shape index (κ1) is 20.9. The van der Waals surface area contributed by atoms with E-state index in [0.717, 1.165) is 31.2 Å². The Morgan fingerprint density at radius 3 is 2.38 bits per heavy atom. The van der Waals surface area contributed by atoms with Crippen molar-refractivity contribution in [2.45, 2.75) is 56.0 Å². The maximum atomic E-state index is 12.2. The van der Waals surface area contributed by atoms with Crippen molar-refractivity contribution < 1.29 is 13.2 Å². The van der Waals surface area contributed by atoms with Crippen molar-refractivity contribution in [1.29, 1.82) is 0 Å². The van der Waals surface area contributed by atoms with Crippen LogP contribution in [0.15, 0.2) is 29.2 Å². The molecule has 0 bridgehead atoms. The van der Waals surface area contributed by atoms with Crippen molar-refractivity contribution >= 4 is 28.2 Å². The van der Waals surface area contributed by atoms with E-state index >= 15 is 0 Å². The number of carbonyl (C=O) groups excluding carboxylic acids is 1. The van der Waals surface area contributed by atoms with Crippen LogP contribution >= 0.6 is 12.4 Å². The molecule has 1 aromatic rings. The Morgan fingerprint density at radius 1 is 1.25 bits per heavy atom. The van der Waals surface area contributed by atoms with Crippen LogP contribution in [0.1, 0.15) is 50.6 Å². The summed E-state index contributed by atoms with van der Waals surface area (Å²) in [6.45, 7) is 1.90. The van der Waals surface area contributed by atoms with Gasteiger partial charge in [-0.3, -0.25) is 4.79 Å². The average molecular weight is 375 g/mol. The number of hydrogen-bond donors (Lipinski definition) is 2. The second kappa shape index (κ2) is 8.83. The zero-order chi connectivity index (χ0) is 17.0. The zero-order valence-electron chi connectivity index (χ0n) is 14.2. The maximum absolute atomic E-state index is 12.2. The average Bonchev–Trinajstić information content (AvgIpc) is 2.49. The fourth-order valence-corrected chi connectivity index (χ4v) is 3.75. The summed E-state index contributed by atoms with van der Waals surface area (Å²) in [6.07, 6.45) is 5.97. The van der Waals surface area contributed by atoms with Crippen LogP contribution in [0.2, 0.25) is 0 Å². The normalized spacial score (nSPS) is 22.3. The van der Waals surface area contributed by atoms with Crippen LogP contribution in [0.3, 0.4) is 0 Å². The molecule has 1 saturated carbocycles. The van der Waals surface area contributed by atoms with Crippen LogP contribution in [0.25, 0.3) is 0 Å². The number of amides is 1. The van der Waals surface area contributed by atoms with Gasteiger partial charge in [0, 0.05) is 18.7 Å². The van der Waals surface area contributed by atoms with E-state index in [1.54, 1.807) is 24.3 Å². The van der Waals surface area contributed by atoms with Crippen LogP contribution in [0, 0.1) is 5.92 Å². The fraction of sp³-hybridized carbons (Fsp3) is 0.588. The summed E-state index contributed by atoms with van der Waals surface area (Å²) in [6, 6.07) is 6.60. The number of hydrogen-bond acceptors (Lipinski definition) is 4. The molecule has 1 fully saturated rings. The molecule has 5 nitrogen and oxygen atoms in total. The second-order valence-corrected chi connectivity index (χ2v) is 8.56. The Kier molecular flexibility index (Phi) is 7.70.